The summed E-state index contributed by atoms with van der Waals surface area (Å²) in [4.78, 5) is 23.8. The van der Waals surface area contributed by atoms with Crippen LogP contribution in [0.4, 0.5) is 24.5 Å². The molecule has 1 fully saturated rings. The number of anilines is 2. The summed E-state index contributed by atoms with van der Waals surface area (Å²) in [5, 5.41) is 5.40. The minimum absolute atomic E-state index is 0.0390. The Morgan fingerprint density at radius 1 is 0.963 bits per heavy atom. The highest BCUT2D eigenvalue weighted by Crippen LogP contribution is 2.31. The second-order valence-electron chi connectivity index (χ2n) is 6.29. The first kappa shape index (κ1) is 18.7. The highest BCUT2D eigenvalue weighted by molar-refractivity contribution is 6.02. The lowest BCUT2D eigenvalue weighted by atomic mass is 10.1. The van der Waals surface area contributed by atoms with Crippen LogP contribution in [0, 0.1) is 5.92 Å². The summed E-state index contributed by atoms with van der Waals surface area (Å²) >= 11 is 0. The van der Waals surface area contributed by atoms with Crippen molar-refractivity contribution in [3.8, 4) is 0 Å². The lowest BCUT2D eigenvalue weighted by molar-refractivity contribution is -0.137. The summed E-state index contributed by atoms with van der Waals surface area (Å²) in [5.41, 5.74) is 0.545. The van der Waals surface area contributed by atoms with Crippen LogP contribution in [0.25, 0.3) is 6.08 Å². The van der Waals surface area contributed by atoms with Crippen LogP contribution in [0.3, 0.4) is 0 Å². The van der Waals surface area contributed by atoms with E-state index in [4.69, 9.17) is 0 Å². The van der Waals surface area contributed by atoms with Crippen LogP contribution in [0.2, 0.25) is 0 Å². The van der Waals surface area contributed by atoms with Gasteiger partial charge in [-0.1, -0.05) is 18.2 Å². The molecule has 7 heteroatoms. The fourth-order valence-corrected chi connectivity index (χ4v) is 2.44. The maximum Gasteiger partial charge on any atom is 0.416 e. The van der Waals surface area contributed by atoms with Gasteiger partial charge in [0.2, 0.25) is 11.8 Å². The van der Waals surface area contributed by atoms with Gasteiger partial charge in [0.1, 0.15) is 0 Å². The first-order valence-corrected chi connectivity index (χ1v) is 8.38. The molecule has 0 heterocycles. The van der Waals surface area contributed by atoms with Gasteiger partial charge in [0.15, 0.2) is 0 Å². The van der Waals surface area contributed by atoms with Crippen LogP contribution >= 0.6 is 0 Å². The number of hydrogen-bond acceptors (Lipinski definition) is 2. The summed E-state index contributed by atoms with van der Waals surface area (Å²) < 4.78 is 38.1. The zero-order valence-corrected chi connectivity index (χ0v) is 14.2. The molecule has 0 radical (unpaired) electrons. The molecule has 27 heavy (non-hydrogen) atoms. The summed E-state index contributed by atoms with van der Waals surface area (Å²) in [7, 11) is 0. The average Bonchev–Trinajstić information content (AvgIpc) is 3.45. The van der Waals surface area contributed by atoms with Gasteiger partial charge in [-0.3, -0.25) is 9.59 Å². The van der Waals surface area contributed by atoms with E-state index in [9.17, 15) is 22.8 Å². The van der Waals surface area contributed by atoms with Gasteiger partial charge in [-0.2, -0.15) is 13.2 Å². The maximum absolute atomic E-state index is 12.7. The molecule has 2 aromatic carbocycles. The van der Waals surface area contributed by atoms with Gasteiger partial charge in [-0.15, -0.1) is 0 Å². The van der Waals surface area contributed by atoms with Gasteiger partial charge in [-0.25, -0.2) is 0 Å². The van der Waals surface area contributed by atoms with E-state index < -0.39 is 17.6 Å². The van der Waals surface area contributed by atoms with E-state index in [1.165, 1.54) is 18.2 Å². The standard InChI is InChI=1S/C20H17F3N2O2/c21-20(22,23)15-4-1-3-13(11-15)7-10-18(26)24-16-5-2-6-17(12-16)25-19(27)14-8-9-14/h1-7,10-12,14H,8-9H2,(H,24,26)(H,25,27)/b10-7+. The third kappa shape index (κ3) is 5.44. The van der Waals surface area contributed by atoms with Crippen molar-refractivity contribution in [1.29, 1.82) is 0 Å². The van der Waals surface area contributed by atoms with Gasteiger partial charge in [0.25, 0.3) is 0 Å². The van der Waals surface area contributed by atoms with E-state index in [1.807, 2.05) is 0 Å². The van der Waals surface area contributed by atoms with Crippen molar-refractivity contribution in [2.75, 3.05) is 10.6 Å². The Morgan fingerprint density at radius 2 is 1.63 bits per heavy atom. The van der Waals surface area contributed by atoms with E-state index in [-0.39, 0.29) is 17.4 Å². The van der Waals surface area contributed by atoms with Crippen molar-refractivity contribution < 1.29 is 22.8 Å². The third-order valence-electron chi connectivity index (χ3n) is 3.99. The summed E-state index contributed by atoms with van der Waals surface area (Å²) in [6.07, 6.45) is -0.184. The number of carbonyl (C=O) groups excluding carboxylic acids is 2. The van der Waals surface area contributed by atoms with Crippen LogP contribution < -0.4 is 10.6 Å². The van der Waals surface area contributed by atoms with E-state index in [2.05, 4.69) is 10.6 Å². The molecule has 1 aliphatic rings. The van der Waals surface area contributed by atoms with Crippen molar-refractivity contribution in [1.82, 2.24) is 0 Å². The molecule has 0 atom stereocenters. The van der Waals surface area contributed by atoms with E-state index in [0.29, 0.717) is 11.4 Å². The Hall–Kier alpha value is -3.09. The Bertz CT molecular complexity index is 887. The van der Waals surface area contributed by atoms with E-state index >= 15 is 0 Å². The summed E-state index contributed by atoms with van der Waals surface area (Å²) in [6, 6.07) is 11.4. The van der Waals surface area contributed by atoms with Crippen molar-refractivity contribution in [2.45, 2.75) is 19.0 Å². The number of carbonyl (C=O) groups is 2. The SMILES string of the molecule is O=C(/C=C/c1cccc(C(F)(F)F)c1)Nc1cccc(NC(=O)C2CC2)c1. The molecule has 0 unspecified atom stereocenters. The molecule has 4 nitrogen and oxygen atoms in total. The van der Waals surface area contributed by atoms with Crippen LogP contribution in [0.15, 0.2) is 54.6 Å². The molecule has 1 saturated carbocycles. The molecule has 140 valence electrons. The molecular weight excluding hydrogens is 357 g/mol. The van der Waals surface area contributed by atoms with Crippen LogP contribution in [0.1, 0.15) is 24.0 Å². The number of rotatable bonds is 5. The van der Waals surface area contributed by atoms with E-state index in [1.54, 1.807) is 24.3 Å². The molecule has 0 aromatic heterocycles. The topological polar surface area (TPSA) is 58.2 Å². The van der Waals surface area contributed by atoms with Crippen LogP contribution in [0.5, 0.6) is 0 Å². The highest BCUT2D eigenvalue weighted by Gasteiger charge is 2.30. The first-order valence-electron chi connectivity index (χ1n) is 8.38. The van der Waals surface area contributed by atoms with Crippen molar-refractivity contribution in [2.24, 2.45) is 5.92 Å². The fraction of sp³-hybridized carbons (Fsp3) is 0.200. The van der Waals surface area contributed by atoms with Crippen molar-refractivity contribution >= 4 is 29.3 Å². The second kappa shape index (κ2) is 7.65. The molecular formula is C20H17F3N2O2. The van der Waals surface area contributed by atoms with Gasteiger partial charge >= 0.3 is 6.18 Å². The zero-order chi connectivity index (χ0) is 19.4. The number of amides is 2. The smallest absolute Gasteiger partial charge is 0.326 e. The average molecular weight is 374 g/mol. The summed E-state index contributed by atoms with van der Waals surface area (Å²) in [5.74, 6) is -0.459. The summed E-state index contributed by atoms with van der Waals surface area (Å²) in [6.45, 7) is 0. The first-order chi connectivity index (χ1) is 12.8. The number of benzene rings is 2. The number of nitrogens with one attached hydrogen (secondary N) is 2. The largest absolute Gasteiger partial charge is 0.416 e. The van der Waals surface area contributed by atoms with Gasteiger partial charge < -0.3 is 10.6 Å². The fourth-order valence-electron chi connectivity index (χ4n) is 2.44. The van der Waals surface area contributed by atoms with Crippen molar-refractivity contribution in [3.63, 3.8) is 0 Å². The third-order valence-corrected chi connectivity index (χ3v) is 3.99. The molecule has 3 rings (SSSR count). The molecule has 0 bridgehead atoms. The molecule has 2 amide bonds. The molecule has 0 spiro atoms. The van der Waals surface area contributed by atoms with E-state index in [0.717, 1.165) is 31.1 Å². The number of halogens is 3. The molecule has 2 aromatic rings. The molecule has 0 aliphatic heterocycles. The minimum atomic E-state index is -4.43. The maximum atomic E-state index is 12.7. The van der Waals surface area contributed by atoms with Gasteiger partial charge in [-0.05, 0) is 54.8 Å². The number of hydrogen-bond donors (Lipinski definition) is 2. The monoisotopic (exact) mass is 374 g/mol. The molecule has 1 aliphatic carbocycles. The predicted octanol–water partition coefficient (Wildman–Crippen LogP) is 4.71. The lowest BCUT2D eigenvalue weighted by Crippen LogP contribution is -2.14. The predicted molar refractivity (Wildman–Crippen MR) is 96.9 cm³/mol. The zero-order valence-electron chi connectivity index (χ0n) is 14.2. The Balaban J connectivity index is 1.62. The molecule has 0 saturated heterocycles. The second-order valence-corrected chi connectivity index (χ2v) is 6.29. The van der Waals surface area contributed by atoms with Gasteiger partial charge in [0, 0.05) is 23.4 Å². The van der Waals surface area contributed by atoms with Crippen LogP contribution in [-0.4, -0.2) is 11.8 Å². The number of alkyl halides is 3. The Morgan fingerprint density at radius 3 is 2.30 bits per heavy atom. The quantitative estimate of drug-likeness (QED) is 0.745. The Labute approximate surface area is 154 Å². The lowest BCUT2D eigenvalue weighted by Gasteiger charge is -2.08. The normalized spacial score (nSPS) is 14.2. The van der Waals surface area contributed by atoms with Crippen molar-refractivity contribution in [3.05, 3.63) is 65.7 Å². The van der Waals surface area contributed by atoms with Gasteiger partial charge in [0.05, 0.1) is 5.56 Å². The highest BCUT2D eigenvalue weighted by atomic mass is 19.4. The molecule has 2 N–H and O–H groups in total. The minimum Gasteiger partial charge on any atom is -0.326 e. The van der Waals surface area contributed by atoms with Crippen LogP contribution in [-0.2, 0) is 15.8 Å². The Kier molecular flexibility index (Phi) is 5.30.